The first kappa shape index (κ1) is 58.0. The quantitative estimate of drug-likeness (QED) is 0.140. The van der Waals surface area contributed by atoms with Gasteiger partial charge in [-0.3, -0.25) is 4.57 Å². The minimum atomic E-state index is 0.215. The van der Waals surface area contributed by atoms with Crippen LogP contribution in [0, 0.1) is 0 Å². The van der Waals surface area contributed by atoms with Gasteiger partial charge in [0, 0.05) is 100 Å². The molecule has 0 spiro atoms. The Morgan fingerprint density at radius 3 is 1.37 bits per heavy atom. The minimum absolute atomic E-state index is 0.215. The average Bonchev–Trinajstić information content (AvgIpc) is 1.57. The molecule has 0 saturated heterocycles. The zero-order chi connectivity index (χ0) is 67.5. The number of H-pyrrole nitrogens is 1. The van der Waals surface area contributed by atoms with E-state index in [9.17, 15) is 0 Å². The molecule has 8 heterocycles. The van der Waals surface area contributed by atoms with E-state index in [1.807, 2.05) is 65.1 Å². The van der Waals surface area contributed by atoms with Crippen LogP contribution in [0.2, 0.25) is 5.28 Å². The fourth-order valence-corrected chi connectivity index (χ4v) is 18.9. The van der Waals surface area contributed by atoms with Crippen LogP contribution < -0.4 is 0 Å². The number of para-hydroxylation sites is 4. The van der Waals surface area contributed by atoms with Crippen molar-refractivity contribution >= 4 is 227 Å². The summed E-state index contributed by atoms with van der Waals surface area (Å²) in [4.78, 5) is 23.5. The number of benzene rings is 16. The minimum Gasteiger partial charge on any atom is -0.452 e. The molecule has 0 aliphatic carbocycles. The molecule has 0 unspecified atom stereocenters. The number of aromatic nitrogens is 6. The number of aromatic amines is 1. The van der Waals surface area contributed by atoms with E-state index in [1.165, 1.54) is 127 Å². The Morgan fingerprint density at radius 1 is 0.320 bits per heavy atom. The first-order chi connectivity index (χ1) is 51.0. The van der Waals surface area contributed by atoms with Gasteiger partial charge in [0.15, 0.2) is 11.2 Å². The number of hydrogen-bond acceptors (Lipinski definition) is 8. The van der Waals surface area contributed by atoms with Crippen molar-refractivity contribution in [1.82, 2.24) is 29.5 Å². The average molecular weight is 1370 g/mol. The molecule has 1 N–H and O–H groups in total. The third-order valence-electron chi connectivity index (χ3n) is 20.8. The van der Waals surface area contributed by atoms with Gasteiger partial charge >= 0.3 is 0 Å². The second-order valence-corrected chi connectivity index (χ2v) is 28.8. The van der Waals surface area contributed by atoms with Gasteiger partial charge in [-0.25, -0.2) is 19.9 Å². The highest BCUT2D eigenvalue weighted by molar-refractivity contribution is 7.27. The first-order valence-electron chi connectivity index (χ1n) is 34.4. The number of halogens is 1. The predicted octanol–water partition coefficient (Wildman–Crippen LogP) is 26.8. The zero-order valence-electron chi connectivity index (χ0n) is 54.6. The molecule has 24 rings (SSSR count). The molecule has 0 fully saturated rings. The van der Waals surface area contributed by atoms with Crippen molar-refractivity contribution in [3.8, 4) is 28.5 Å². The van der Waals surface area contributed by atoms with Gasteiger partial charge in [-0.15, -0.1) is 22.7 Å². The van der Waals surface area contributed by atoms with Crippen LogP contribution in [0.1, 0.15) is 0 Å². The summed E-state index contributed by atoms with van der Waals surface area (Å²) in [5.41, 5.74) is 12.6. The third kappa shape index (κ3) is 8.82. The van der Waals surface area contributed by atoms with Crippen molar-refractivity contribution in [1.29, 1.82) is 0 Å². The highest BCUT2D eigenvalue weighted by Crippen LogP contribution is 2.50. The molecule has 0 aliphatic heterocycles. The van der Waals surface area contributed by atoms with Crippen LogP contribution in [-0.2, 0) is 0 Å². The fourth-order valence-electron chi connectivity index (χ4n) is 16.3. The van der Waals surface area contributed by atoms with Crippen LogP contribution in [0.3, 0.4) is 0 Å². The van der Waals surface area contributed by atoms with E-state index in [1.54, 1.807) is 0 Å². The standard InChI is InChI=1S/C46H25N3OS.C24H13ClN2O.C22H13NS/c1-2-12-29-26(11-1)21-22-27-25-28(23-24-30(27)29)41-44-42(34-16-6-9-19-37(34)50-44)48-46(47-41)49-36-18-8-5-15-33(36)39-31-13-3-4-14-32(31)45-40(43(39)49)35-17-7-10-20-38(35)51-45;25-24-26-21(23-22(27-24)19-7-3-4-8-20(19)28-23)16-11-12-18-15(13-16)10-9-14-5-1-2-6-17(14)18;1-2-8-14-13(7-1)19-15-9-3-5-11-17(15)23-21(19)20-16-10-4-6-12-18(16)24-22(14)20/h1-25H;1-13H;1-12,23H. The zero-order valence-corrected chi connectivity index (χ0v) is 57.0. The van der Waals surface area contributed by atoms with E-state index >= 15 is 0 Å². The molecular weight excluding hydrogens is 1320 g/mol. The summed E-state index contributed by atoms with van der Waals surface area (Å²) in [6.45, 7) is 0. The van der Waals surface area contributed by atoms with Crippen molar-refractivity contribution in [3.63, 3.8) is 0 Å². The van der Waals surface area contributed by atoms with E-state index < -0.39 is 0 Å². The summed E-state index contributed by atoms with van der Waals surface area (Å²) in [6, 6.07) is 107. The predicted molar refractivity (Wildman–Crippen MR) is 435 cm³/mol. The molecule has 8 nitrogen and oxygen atoms in total. The Kier molecular flexibility index (Phi) is 12.7. The van der Waals surface area contributed by atoms with Crippen molar-refractivity contribution in [2.75, 3.05) is 0 Å². The largest absolute Gasteiger partial charge is 0.452 e. The van der Waals surface area contributed by atoms with Crippen LogP contribution in [0.5, 0.6) is 0 Å². The number of rotatable bonds is 3. The Hall–Kier alpha value is -12.8. The summed E-state index contributed by atoms with van der Waals surface area (Å²) in [7, 11) is 0. The number of nitrogens with zero attached hydrogens (tertiary/aromatic N) is 5. The van der Waals surface area contributed by atoms with Crippen molar-refractivity contribution < 1.29 is 8.83 Å². The summed E-state index contributed by atoms with van der Waals surface area (Å²) in [5, 5.41) is 27.2. The lowest BCUT2D eigenvalue weighted by Gasteiger charge is -2.12. The monoisotopic (exact) mass is 1370 g/mol. The van der Waals surface area contributed by atoms with Gasteiger partial charge in [0.25, 0.3) is 0 Å². The molecule has 0 amide bonds. The van der Waals surface area contributed by atoms with Gasteiger partial charge in [-0.05, 0) is 126 Å². The maximum atomic E-state index is 6.61. The van der Waals surface area contributed by atoms with Crippen LogP contribution in [0.4, 0.5) is 0 Å². The lowest BCUT2D eigenvalue weighted by molar-refractivity contribution is 0.666. The molecule has 0 saturated carbocycles. The first-order valence-corrected chi connectivity index (χ1v) is 36.4. The van der Waals surface area contributed by atoms with Gasteiger partial charge in [-0.2, -0.15) is 0 Å². The number of fused-ring (bicyclic) bond motifs is 32. The summed E-state index contributed by atoms with van der Waals surface area (Å²) in [6.07, 6.45) is 0. The van der Waals surface area contributed by atoms with Gasteiger partial charge in [0.1, 0.15) is 33.6 Å². The summed E-state index contributed by atoms with van der Waals surface area (Å²) < 4.78 is 20.3. The molecule has 103 heavy (non-hydrogen) atoms. The fraction of sp³-hybridized carbons (Fsp3) is 0. The van der Waals surface area contributed by atoms with E-state index in [2.05, 4.69) is 280 Å². The van der Waals surface area contributed by atoms with E-state index in [0.717, 1.165) is 71.6 Å². The van der Waals surface area contributed by atoms with E-state index in [0.29, 0.717) is 22.8 Å². The van der Waals surface area contributed by atoms with E-state index in [-0.39, 0.29) is 5.28 Å². The lowest BCUT2D eigenvalue weighted by Crippen LogP contribution is -2.03. The normalized spacial score (nSPS) is 12.1. The molecule has 0 radical (unpaired) electrons. The molecule has 11 heteroatoms. The molecule has 8 aromatic heterocycles. The number of nitrogens with one attached hydrogen (secondary N) is 1. The molecule has 0 aliphatic rings. The highest BCUT2D eigenvalue weighted by atomic mass is 35.5. The van der Waals surface area contributed by atoms with Gasteiger partial charge in [-0.1, -0.05) is 243 Å². The Morgan fingerprint density at radius 2 is 0.757 bits per heavy atom. The molecular formula is C92H51ClN6O2S2. The molecule has 24 aromatic rings. The lowest BCUT2D eigenvalue weighted by atomic mass is 9.99. The number of hydrogen-bond donors (Lipinski definition) is 1. The summed E-state index contributed by atoms with van der Waals surface area (Å²) in [5.74, 6) is 0.626. The van der Waals surface area contributed by atoms with Crippen molar-refractivity contribution in [3.05, 3.63) is 309 Å². The topological polar surface area (TPSA) is 98.6 Å². The number of furan rings is 2. The Labute approximate surface area is 598 Å². The number of thiophene rings is 2. The highest BCUT2D eigenvalue weighted by Gasteiger charge is 2.27. The van der Waals surface area contributed by atoms with Gasteiger partial charge in [0.2, 0.25) is 11.2 Å². The SMILES string of the molecule is Clc1nc(-c2ccc3c(ccc4ccccc43)c2)c2oc3ccccc3c2n1.c1ccc2c(c1)[nH]c1c2c2ccccc2c2sc3ccccc3c12.c1ccc2c(c1)ccc1cc(-c3nc(-n4c5ccccc5c5c6ccccc6c6sc7ccccc7c6c54)nc4c3oc3ccccc34)ccc12. The smallest absolute Gasteiger partial charge is 0.236 e. The second-order valence-electron chi connectivity index (χ2n) is 26.4. The van der Waals surface area contributed by atoms with Gasteiger partial charge in [0.05, 0.1) is 16.6 Å². The molecule has 0 atom stereocenters. The molecule has 0 bridgehead atoms. The second kappa shape index (κ2) is 22.6. The van der Waals surface area contributed by atoms with Crippen LogP contribution in [-0.4, -0.2) is 29.5 Å². The third-order valence-corrected chi connectivity index (χ3v) is 23.4. The summed E-state index contributed by atoms with van der Waals surface area (Å²) >= 11 is 10.0. The molecule has 480 valence electrons. The van der Waals surface area contributed by atoms with Crippen LogP contribution >= 0.6 is 34.3 Å². The van der Waals surface area contributed by atoms with Crippen LogP contribution in [0.15, 0.2) is 312 Å². The van der Waals surface area contributed by atoms with E-state index in [4.69, 9.17) is 30.4 Å². The molecule has 16 aromatic carbocycles. The van der Waals surface area contributed by atoms with Crippen LogP contribution in [0.25, 0.3) is 221 Å². The van der Waals surface area contributed by atoms with Gasteiger partial charge < -0.3 is 13.8 Å². The Bertz CT molecular complexity index is 7750. The van der Waals surface area contributed by atoms with Crippen molar-refractivity contribution in [2.24, 2.45) is 0 Å². The Balaban J connectivity index is 0.000000108. The van der Waals surface area contributed by atoms with Crippen molar-refractivity contribution in [2.45, 2.75) is 0 Å². The maximum Gasteiger partial charge on any atom is 0.236 e. The maximum absolute atomic E-state index is 6.61.